The predicted octanol–water partition coefficient (Wildman–Crippen LogP) is 3.53. The summed E-state index contributed by atoms with van der Waals surface area (Å²) < 4.78 is 45.4. The van der Waals surface area contributed by atoms with Gasteiger partial charge in [0.25, 0.3) is 0 Å². The third kappa shape index (κ3) is 4.56. The highest BCUT2D eigenvalue weighted by Gasteiger charge is 2.30. The lowest BCUT2D eigenvalue weighted by Crippen LogP contribution is -2.28. The monoisotopic (exact) mass is 457 g/mol. The number of methoxy groups -OCH3 is 1. The van der Waals surface area contributed by atoms with E-state index < -0.39 is 29.9 Å². The number of hydrogen-bond donors (Lipinski definition) is 1. The molecule has 0 bridgehead atoms. The second kappa shape index (κ2) is 8.41. The Balaban J connectivity index is 1.56. The molecule has 0 radical (unpaired) electrons. The van der Waals surface area contributed by atoms with Gasteiger partial charge in [0.1, 0.15) is 18.1 Å². The molecule has 0 aliphatic heterocycles. The van der Waals surface area contributed by atoms with E-state index in [4.69, 9.17) is 4.74 Å². The number of anilines is 1. The summed E-state index contributed by atoms with van der Waals surface area (Å²) in [5, 5.41) is 6.67. The minimum absolute atomic E-state index is 0.171. The SMILES string of the molecule is COc1ccc(-c2cc3nn(CC(=O)Nc4ccc(C(F)(F)F)cc4)c(=O)n3c(C)n2)cc1. The van der Waals surface area contributed by atoms with Gasteiger partial charge >= 0.3 is 11.9 Å². The highest BCUT2D eigenvalue weighted by atomic mass is 19.4. The van der Waals surface area contributed by atoms with Crippen LogP contribution in [0.1, 0.15) is 11.4 Å². The van der Waals surface area contributed by atoms with E-state index in [9.17, 15) is 22.8 Å². The van der Waals surface area contributed by atoms with Crippen LogP contribution in [0.5, 0.6) is 5.75 Å². The maximum Gasteiger partial charge on any atom is 0.416 e. The number of fused-ring (bicyclic) bond motifs is 1. The topological polar surface area (TPSA) is 90.5 Å². The molecule has 0 saturated carbocycles. The fourth-order valence-electron chi connectivity index (χ4n) is 3.29. The van der Waals surface area contributed by atoms with Crippen molar-refractivity contribution in [3.05, 3.63) is 76.5 Å². The Kier molecular flexibility index (Phi) is 5.62. The summed E-state index contributed by atoms with van der Waals surface area (Å²) in [6, 6.07) is 12.9. The zero-order valence-corrected chi connectivity index (χ0v) is 17.6. The molecule has 0 spiro atoms. The first-order chi connectivity index (χ1) is 15.7. The number of benzene rings is 2. The van der Waals surface area contributed by atoms with Crippen molar-refractivity contribution < 1.29 is 22.7 Å². The standard InChI is InChI=1S/C22H18F3N5O3/c1-13-26-18(14-3-9-17(33-2)10-4-14)11-19-28-29(21(32)30(13)19)12-20(31)27-16-7-5-15(6-8-16)22(23,24)25/h3-11H,12H2,1-2H3,(H,27,31). The number of carbonyl (C=O) groups is 1. The van der Waals surface area contributed by atoms with Gasteiger partial charge in [0.05, 0.1) is 18.4 Å². The summed E-state index contributed by atoms with van der Waals surface area (Å²) >= 11 is 0. The number of carbonyl (C=O) groups excluding carboxylic acids is 1. The van der Waals surface area contributed by atoms with Crippen molar-refractivity contribution in [2.24, 2.45) is 0 Å². The number of ether oxygens (including phenoxy) is 1. The van der Waals surface area contributed by atoms with E-state index in [-0.39, 0.29) is 5.69 Å². The molecule has 4 rings (SSSR count). The van der Waals surface area contributed by atoms with Gasteiger partial charge in [0.2, 0.25) is 5.91 Å². The van der Waals surface area contributed by atoms with E-state index in [0.29, 0.717) is 22.9 Å². The Labute approximate surface area is 185 Å². The molecule has 170 valence electrons. The number of hydrogen-bond acceptors (Lipinski definition) is 5. The van der Waals surface area contributed by atoms with E-state index >= 15 is 0 Å². The van der Waals surface area contributed by atoms with Crippen LogP contribution >= 0.6 is 0 Å². The number of amides is 1. The van der Waals surface area contributed by atoms with Crippen LogP contribution in [-0.2, 0) is 17.5 Å². The average molecular weight is 457 g/mol. The highest BCUT2D eigenvalue weighted by Crippen LogP contribution is 2.29. The Hall–Kier alpha value is -4.15. The van der Waals surface area contributed by atoms with E-state index in [1.165, 1.54) is 4.40 Å². The number of nitrogens with zero attached hydrogens (tertiary/aromatic N) is 4. The average Bonchev–Trinajstić information content (AvgIpc) is 3.09. The Bertz CT molecular complexity index is 1370. The minimum atomic E-state index is -4.47. The number of aryl methyl sites for hydroxylation is 1. The van der Waals surface area contributed by atoms with Crippen molar-refractivity contribution in [1.29, 1.82) is 0 Å². The van der Waals surface area contributed by atoms with Crippen LogP contribution < -0.4 is 15.7 Å². The third-order valence-electron chi connectivity index (χ3n) is 4.91. The number of nitrogens with one attached hydrogen (secondary N) is 1. The lowest BCUT2D eigenvalue weighted by molar-refractivity contribution is -0.137. The van der Waals surface area contributed by atoms with Crippen molar-refractivity contribution >= 4 is 17.2 Å². The molecular weight excluding hydrogens is 439 g/mol. The first-order valence-corrected chi connectivity index (χ1v) is 9.74. The first kappa shape index (κ1) is 22.1. The molecule has 0 saturated heterocycles. The normalized spacial score (nSPS) is 11.5. The van der Waals surface area contributed by atoms with Crippen LogP contribution in [0.15, 0.2) is 59.4 Å². The van der Waals surface area contributed by atoms with Gasteiger partial charge in [-0.15, -0.1) is 5.10 Å². The van der Waals surface area contributed by atoms with Gasteiger partial charge in [0, 0.05) is 17.3 Å². The molecule has 8 nitrogen and oxygen atoms in total. The molecule has 1 amide bonds. The minimum Gasteiger partial charge on any atom is -0.497 e. The molecule has 2 aromatic carbocycles. The van der Waals surface area contributed by atoms with E-state index in [0.717, 1.165) is 34.5 Å². The Morgan fingerprint density at radius 2 is 1.76 bits per heavy atom. The second-order valence-electron chi connectivity index (χ2n) is 7.17. The molecule has 11 heteroatoms. The maximum absolute atomic E-state index is 12.7. The molecule has 4 aromatic rings. The summed E-state index contributed by atoms with van der Waals surface area (Å²) in [5.74, 6) is 0.468. The van der Waals surface area contributed by atoms with Gasteiger partial charge in [-0.05, 0) is 55.5 Å². The van der Waals surface area contributed by atoms with Crippen molar-refractivity contribution in [3.8, 4) is 17.0 Å². The molecule has 1 N–H and O–H groups in total. The Morgan fingerprint density at radius 3 is 2.36 bits per heavy atom. The van der Waals surface area contributed by atoms with Crippen molar-refractivity contribution in [1.82, 2.24) is 19.2 Å². The fraction of sp³-hybridized carbons (Fsp3) is 0.182. The molecule has 33 heavy (non-hydrogen) atoms. The van der Waals surface area contributed by atoms with Crippen LogP contribution in [-0.4, -0.2) is 32.2 Å². The zero-order valence-electron chi connectivity index (χ0n) is 17.6. The quantitative estimate of drug-likeness (QED) is 0.495. The molecular formula is C22H18F3N5O3. The van der Waals surface area contributed by atoms with Gasteiger partial charge in [-0.25, -0.2) is 18.9 Å². The summed E-state index contributed by atoms with van der Waals surface area (Å²) in [6.07, 6.45) is -4.47. The van der Waals surface area contributed by atoms with E-state index in [2.05, 4.69) is 15.4 Å². The lowest BCUT2D eigenvalue weighted by Gasteiger charge is -2.08. The molecule has 0 aliphatic rings. The second-order valence-corrected chi connectivity index (χ2v) is 7.17. The van der Waals surface area contributed by atoms with Crippen molar-refractivity contribution in [2.45, 2.75) is 19.6 Å². The van der Waals surface area contributed by atoms with Gasteiger partial charge < -0.3 is 10.1 Å². The van der Waals surface area contributed by atoms with Gasteiger partial charge in [-0.3, -0.25) is 4.79 Å². The zero-order chi connectivity index (χ0) is 23.8. The largest absolute Gasteiger partial charge is 0.497 e. The van der Waals surface area contributed by atoms with Crippen LogP contribution in [0.4, 0.5) is 18.9 Å². The molecule has 0 unspecified atom stereocenters. The summed E-state index contributed by atoms with van der Waals surface area (Å²) in [4.78, 5) is 29.5. The molecule has 0 aliphatic carbocycles. The number of alkyl halides is 3. The smallest absolute Gasteiger partial charge is 0.416 e. The number of aromatic nitrogens is 4. The van der Waals surface area contributed by atoms with Crippen LogP contribution in [0.3, 0.4) is 0 Å². The maximum atomic E-state index is 12.7. The van der Waals surface area contributed by atoms with Crippen LogP contribution in [0.25, 0.3) is 16.9 Å². The van der Waals surface area contributed by atoms with Gasteiger partial charge in [0.15, 0.2) is 5.65 Å². The van der Waals surface area contributed by atoms with Crippen molar-refractivity contribution in [2.75, 3.05) is 12.4 Å². The predicted molar refractivity (Wildman–Crippen MR) is 114 cm³/mol. The number of rotatable bonds is 5. The van der Waals surface area contributed by atoms with Crippen LogP contribution in [0.2, 0.25) is 0 Å². The fourth-order valence-corrected chi connectivity index (χ4v) is 3.29. The summed E-state index contributed by atoms with van der Waals surface area (Å²) in [7, 11) is 1.57. The van der Waals surface area contributed by atoms with E-state index in [1.807, 2.05) is 12.1 Å². The first-order valence-electron chi connectivity index (χ1n) is 9.74. The third-order valence-corrected chi connectivity index (χ3v) is 4.91. The van der Waals surface area contributed by atoms with E-state index in [1.54, 1.807) is 32.2 Å². The van der Waals surface area contributed by atoms with Crippen molar-refractivity contribution in [3.63, 3.8) is 0 Å². The Morgan fingerprint density at radius 1 is 1.09 bits per heavy atom. The van der Waals surface area contributed by atoms with Crippen LogP contribution in [0, 0.1) is 6.92 Å². The molecule has 0 fully saturated rings. The summed E-state index contributed by atoms with van der Waals surface area (Å²) in [5.41, 5.74) is 0.481. The summed E-state index contributed by atoms with van der Waals surface area (Å²) in [6.45, 7) is 1.23. The molecule has 2 heterocycles. The molecule has 0 atom stereocenters. The highest BCUT2D eigenvalue weighted by molar-refractivity contribution is 5.90. The number of halogens is 3. The molecule has 2 aromatic heterocycles. The van der Waals surface area contributed by atoms with Gasteiger partial charge in [-0.2, -0.15) is 13.2 Å². The van der Waals surface area contributed by atoms with Gasteiger partial charge in [-0.1, -0.05) is 0 Å². The lowest BCUT2D eigenvalue weighted by atomic mass is 10.1.